The highest BCUT2D eigenvalue weighted by atomic mass is 79.9. The Hall–Kier alpha value is -2.08. The number of carboxylic acids is 1. The standard InChI is InChI=1S/C14H12BrNO4/c15-10-4-6-11(7-5-10)20-9-8-16-12(14(18)19)2-1-3-13(16)17/h1-7H,8-9H2,(H,18,19). The summed E-state index contributed by atoms with van der Waals surface area (Å²) >= 11 is 3.32. The van der Waals surface area contributed by atoms with Crippen molar-refractivity contribution in [1.29, 1.82) is 0 Å². The van der Waals surface area contributed by atoms with Crippen LogP contribution in [0.1, 0.15) is 10.5 Å². The maximum Gasteiger partial charge on any atom is 0.352 e. The Morgan fingerprint density at radius 2 is 1.90 bits per heavy atom. The molecule has 20 heavy (non-hydrogen) atoms. The lowest BCUT2D eigenvalue weighted by Gasteiger charge is -2.10. The molecule has 6 heteroatoms. The molecule has 1 aromatic heterocycles. The monoisotopic (exact) mass is 337 g/mol. The topological polar surface area (TPSA) is 68.5 Å². The fourth-order valence-electron chi connectivity index (χ4n) is 1.72. The van der Waals surface area contributed by atoms with Crippen LogP contribution in [0.25, 0.3) is 0 Å². The number of carbonyl (C=O) groups is 1. The van der Waals surface area contributed by atoms with E-state index >= 15 is 0 Å². The van der Waals surface area contributed by atoms with E-state index in [1.807, 2.05) is 12.1 Å². The van der Waals surface area contributed by atoms with Crippen LogP contribution in [0.4, 0.5) is 0 Å². The molecule has 0 fully saturated rings. The number of halogens is 1. The van der Waals surface area contributed by atoms with Crippen LogP contribution < -0.4 is 10.3 Å². The van der Waals surface area contributed by atoms with Crippen molar-refractivity contribution in [1.82, 2.24) is 4.57 Å². The minimum Gasteiger partial charge on any atom is -0.492 e. The molecule has 0 aliphatic rings. The third-order valence-corrected chi connectivity index (χ3v) is 3.19. The van der Waals surface area contributed by atoms with E-state index in [0.29, 0.717) is 5.75 Å². The fraction of sp³-hybridized carbons (Fsp3) is 0.143. The molecule has 1 aromatic carbocycles. The van der Waals surface area contributed by atoms with Gasteiger partial charge in [-0.2, -0.15) is 0 Å². The number of hydrogen-bond donors (Lipinski definition) is 1. The number of pyridine rings is 1. The number of hydrogen-bond acceptors (Lipinski definition) is 3. The molecule has 104 valence electrons. The van der Waals surface area contributed by atoms with E-state index in [4.69, 9.17) is 9.84 Å². The first-order valence-corrected chi connectivity index (χ1v) is 6.69. The molecule has 2 rings (SSSR count). The van der Waals surface area contributed by atoms with Crippen molar-refractivity contribution in [3.63, 3.8) is 0 Å². The molecule has 0 aliphatic carbocycles. The first kappa shape index (κ1) is 14.3. The molecule has 5 nitrogen and oxygen atoms in total. The maximum absolute atomic E-state index is 11.7. The lowest BCUT2D eigenvalue weighted by molar-refractivity contribution is 0.0682. The summed E-state index contributed by atoms with van der Waals surface area (Å²) in [4.78, 5) is 22.7. The zero-order valence-corrected chi connectivity index (χ0v) is 12.0. The minimum atomic E-state index is -1.13. The third kappa shape index (κ3) is 3.48. The first-order chi connectivity index (χ1) is 9.58. The van der Waals surface area contributed by atoms with Crippen molar-refractivity contribution in [2.75, 3.05) is 6.61 Å². The third-order valence-electron chi connectivity index (χ3n) is 2.67. The smallest absolute Gasteiger partial charge is 0.352 e. The number of aromatic carboxylic acids is 1. The second-order valence-electron chi connectivity index (χ2n) is 4.01. The average Bonchev–Trinajstić information content (AvgIpc) is 2.42. The molecule has 0 aliphatic heterocycles. The van der Waals surface area contributed by atoms with Gasteiger partial charge in [-0.05, 0) is 30.3 Å². The van der Waals surface area contributed by atoms with E-state index in [1.165, 1.54) is 22.8 Å². The molecule has 0 amide bonds. The number of rotatable bonds is 5. The summed E-state index contributed by atoms with van der Waals surface area (Å²) in [5.74, 6) is -0.472. The van der Waals surface area contributed by atoms with Gasteiger partial charge in [-0.15, -0.1) is 0 Å². The van der Waals surface area contributed by atoms with E-state index < -0.39 is 5.97 Å². The molecule has 1 N–H and O–H groups in total. The van der Waals surface area contributed by atoms with E-state index in [1.54, 1.807) is 12.1 Å². The van der Waals surface area contributed by atoms with Crippen LogP contribution in [0.2, 0.25) is 0 Å². The average molecular weight is 338 g/mol. The molecular formula is C14H12BrNO4. The molecule has 0 radical (unpaired) electrons. The molecule has 1 heterocycles. The van der Waals surface area contributed by atoms with Gasteiger partial charge < -0.3 is 9.84 Å². The Labute approximate surface area is 123 Å². The number of aromatic nitrogens is 1. The zero-order chi connectivity index (χ0) is 14.5. The van der Waals surface area contributed by atoms with Crippen LogP contribution in [0.15, 0.2) is 51.7 Å². The van der Waals surface area contributed by atoms with Crippen molar-refractivity contribution in [3.05, 3.63) is 63.0 Å². The van der Waals surface area contributed by atoms with Crippen LogP contribution in [0.5, 0.6) is 5.75 Å². The van der Waals surface area contributed by atoms with Gasteiger partial charge >= 0.3 is 5.97 Å². The molecule has 0 saturated carbocycles. The van der Waals surface area contributed by atoms with Gasteiger partial charge in [0.25, 0.3) is 5.56 Å². The minimum absolute atomic E-state index is 0.0445. The number of carboxylic acid groups (broad SMARTS) is 1. The highest BCUT2D eigenvalue weighted by molar-refractivity contribution is 9.10. The van der Waals surface area contributed by atoms with Gasteiger partial charge in [0.2, 0.25) is 0 Å². The molecule has 2 aromatic rings. The molecular weight excluding hydrogens is 326 g/mol. The normalized spacial score (nSPS) is 10.2. The van der Waals surface area contributed by atoms with Gasteiger partial charge in [-0.25, -0.2) is 4.79 Å². The SMILES string of the molecule is O=C(O)c1cccc(=O)n1CCOc1ccc(Br)cc1. The summed E-state index contributed by atoms with van der Waals surface area (Å²) in [6.45, 7) is 0.392. The predicted molar refractivity (Wildman–Crippen MR) is 77.3 cm³/mol. The highest BCUT2D eigenvalue weighted by Crippen LogP contribution is 2.15. The molecule has 0 saturated heterocycles. The van der Waals surface area contributed by atoms with E-state index in [0.717, 1.165) is 4.47 Å². The van der Waals surface area contributed by atoms with Crippen LogP contribution in [0, 0.1) is 0 Å². The number of benzene rings is 1. The van der Waals surface area contributed by atoms with E-state index in [9.17, 15) is 9.59 Å². The molecule has 0 bridgehead atoms. The van der Waals surface area contributed by atoms with Gasteiger partial charge in [0, 0.05) is 10.5 Å². The zero-order valence-electron chi connectivity index (χ0n) is 10.5. The van der Waals surface area contributed by atoms with Gasteiger partial charge in [0.05, 0.1) is 6.54 Å². The fourth-order valence-corrected chi connectivity index (χ4v) is 1.99. The molecule has 0 unspecified atom stereocenters. The van der Waals surface area contributed by atoms with Gasteiger partial charge in [0.1, 0.15) is 18.1 Å². The Morgan fingerprint density at radius 1 is 1.20 bits per heavy atom. The van der Waals surface area contributed by atoms with Crippen LogP contribution >= 0.6 is 15.9 Å². The first-order valence-electron chi connectivity index (χ1n) is 5.89. The summed E-state index contributed by atoms with van der Waals surface area (Å²) in [6, 6.07) is 11.4. The van der Waals surface area contributed by atoms with E-state index in [2.05, 4.69) is 15.9 Å². The van der Waals surface area contributed by atoms with Crippen molar-refractivity contribution >= 4 is 21.9 Å². The van der Waals surface area contributed by atoms with Gasteiger partial charge in [0.15, 0.2) is 0 Å². The lowest BCUT2D eigenvalue weighted by Crippen LogP contribution is -2.27. The Balaban J connectivity index is 2.06. The summed E-state index contributed by atoms with van der Waals surface area (Å²) in [5, 5.41) is 9.03. The predicted octanol–water partition coefficient (Wildman–Crippen LogP) is 2.39. The second-order valence-corrected chi connectivity index (χ2v) is 4.92. The number of nitrogens with zero attached hydrogens (tertiary/aromatic N) is 1. The molecule has 0 atom stereocenters. The van der Waals surface area contributed by atoms with Crippen molar-refractivity contribution < 1.29 is 14.6 Å². The quantitative estimate of drug-likeness (QED) is 0.909. The number of ether oxygens (including phenoxy) is 1. The van der Waals surface area contributed by atoms with Crippen molar-refractivity contribution in [2.45, 2.75) is 6.54 Å². The summed E-state index contributed by atoms with van der Waals surface area (Å²) in [7, 11) is 0. The van der Waals surface area contributed by atoms with Gasteiger partial charge in [-0.1, -0.05) is 22.0 Å². The Morgan fingerprint density at radius 3 is 2.55 bits per heavy atom. The van der Waals surface area contributed by atoms with Gasteiger partial charge in [-0.3, -0.25) is 9.36 Å². The summed E-state index contributed by atoms with van der Waals surface area (Å²) in [5.41, 5.74) is -0.402. The molecule has 0 spiro atoms. The van der Waals surface area contributed by atoms with Crippen LogP contribution in [0.3, 0.4) is 0 Å². The maximum atomic E-state index is 11.7. The van der Waals surface area contributed by atoms with Crippen molar-refractivity contribution in [3.8, 4) is 5.75 Å². The lowest BCUT2D eigenvalue weighted by atomic mass is 10.3. The highest BCUT2D eigenvalue weighted by Gasteiger charge is 2.10. The van der Waals surface area contributed by atoms with Crippen LogP contribution in [-0.2, 0) is 6.54 Å². The Bertz CT molecular complexity index is 664. The van der Waals surface area contributed by atoms with Crippen molar-refractivity contribution in [2.24, 2.45) is 0 Å². The summed E-state index contributed by atoms with van der Waals surface area (Å²) in [6.07, 6.45) is 0. The second kappa shape index (κ2) is 6.38. The van der Waals surface area contributed by atoms with E-state index in [-0.39, 0.29) is 24.4 Å². The Kier molecular flexibility index (Phi) is 4.57. The largest absolute Gasteiger partial charge is 0.492 e. The van der Waals surface area contributed by atoms with Crippen LogP contribution in [-0.4, -0.2) is 22.2 Å². The summed E-state index contributed by atoms with van der Waals surface area (Å²) < 4.78 is 7.60.